The van der Waals surface area contributed by atoms with Gasteiger partial charge in [-0.3, -0.25) is 4.79 Å². The molecule has 0 saturated heterocycles. The Morgan fingerprint density at radius 1 is 1.11 bits per heavy atom. The van der Waals surface area contributed by atoms with Crippen molar-refractivity contribution < 1.29 is 14.3 Å². The van der Waals surface area contributed by atoms with Gasteiger partial charge in [0.15, 0.2) is 6.61 Å². The Labute approximate surface area is 172 Å². The second-order valence-corrected chi connectivity index (χ2v) is 7.16. The van der Waals surface area contributed by atoms with E-state index in [4.69, 9.17) is 27.9 Å². The number of aryl methyl sites for hydroxylation is 1. The first-order valence-electron chi connectivity index (χ1n) is 8.59. The van der Waals surface area contributed by atoms with Crippen LogP contribution in [0.1, 0.15) is 37.8 Å². The predicted octanol–water partition coefficient (Wildman–Crippen LogP) is 4.89. The summed E-state index contributed by atoms with van der Waals surface area (Å²) in [5.41, 5.74) is 3.24. The smallest absolute Gasteiger partial charge is 0.357 e. The molecule has 0 fully saturated rings. The number of halogens is 2. The van der Waals surface area contributed by atoms with Crippen molar-refractivity contribution in [3.63, 3.8) is 0 Å². The fourth-order valence-corrected chi connectivity index (χ4v) is 3.28. The van der Waals surface area contributed by atoms with E-state index in [0.29, 0.717) is 22.2 Å². The number of hydrogen-bond donors (Lipinski definition) is 0. The Hall–Kier alpha value is -2.63. The molecule has 0 aliphatic heterocycles. The third kappa shape index (κ3) is 4.43. The van der Waals surface area contributed by atoms with E-state index in [1.54, 1.807) is 12.1 Å². The summed E-state index contributed by atoms with van der Waals surface area (Å²) in [6, 6.07) is 12.3. The van der Waals surface area contributed by atoms with Gasteiger partial charge >= 0.3 is 5.97 Å². The van der Waals surface area contributed by atoms with Crippen molar-refractivity contribution in [3.8, 4) is 0 Å². The van der Waals surface area contributed by atoms with Crippen molar-refractivity contribution in [2.45, 2.75) is 20.4 Å². The maximum atomic E-state index is 12.6. The van der Waals surface area contributed by atoms with Gasteiger partial charge < -0.3 is 9.30 Å². The molecule has 2 heterocycles. The fourth-order valence-electron chi connectivity index (χ4n) is 2.92. The van der Waals surface area contributed by atoms with Crippen LogP contribution in [0.3, 0.4) is 0 Å². The number of rotatable bonds is 6. The van der Waals surface area contributed by atoms with Crippen molar-refractivity contribution in [3.05, 3.63) is 86.9 Å². The third-order valence-corrected chi connectivity index (χ3v) is 5.03. The first kappa shape index (κ1) is 20.1. The fraction of sp³-hybridized carbons (Fsp3) is 0.190. The monoisotopic (exact) mass is 416 g/mol. The van der Waals surface area contributed by atoms with Crippen molar-refractivity contribution in [1.29, 1.82) is 0 Å². The van der Waals surface area contributed by atoms with E-state index in [-0.39, 0.29) is 18.1 Å². The zero-order valence-electron chi connectivity index (χ0n) is 15.4. The van der Waals surface area contributed by atoms with E-state index in [9.17, 15) is 9.59 Å². The number of carbonyl (C=O) groups excluding carboxylic acids is 2. The second kappa shape index (κ2) is 8.59. The van der Waals surface area contributed by atoms with E-state index in [2.05, 4.69) is 4.98 Å². The summed E-state index contributed by atoms with van der Waals surface area (Å²) in [7, 11) is 0. The summed E-state index contributed by atoms with van der Waals surface area (Å²) in [6.45, 7) is 3.96. The molecular weight excluding hydrogens is 399 g/mol. The summed E-state index contributed by atoms with van der Waals surface area (Å²) < 4.78 is 7.11. The number of esters is 1. The maximum Gasteiger partial charge on any atom is 0.357 e. The molecule has 0 atom stereocenters. The minimum absolute atomic E-state index is 0.0597. The lowest BCUT2D eigenvalue weighted by molar-refractivity contribution is 0.0468. The Kier molecular flexibility index (Phi) is 6.17. The number of Topliss-reactive ketones (excluding diaryl/α,β-unsaturated/α-hetero) is 1. The topological polar surface area (TPSA) is 61.2 Å². The van der Waals surface area contributed by atoms with Crippen molar-refractivity contribution in [1.82, 2.24) is 9.55 Å². The van der Waals surface area contributed by atoms with Gasteiger partial charge in [0.05, 0.1) is 0 Å². The summed E-state index contributed by atoms with van der Waals surface area (Å²) in [5.74, 6) is -0.977. The number of ketones is 1. The standard InChI is InChI=1S/C21H18Cl2N2O3/c1-13-9-17(14(2)25(13)11-15-5-3-4-6-18(15)23)20(26)12-28-21(27)19-10-16(22)7-8-24-19/h3-10H,11-12H2,1-2H3. The molecule has 0 amide bonds. The lowest BCUT2D eigenvalue weighted by Crippen LogP contribution is -2.16. The van der Waals surface area contributed by atoms with Crippen LogP contribution in [0, 0.1) is 13.8 Å². The molecule has 5 nitrogen and oxygen atoms in total. The lowest BCUT2D eigenvalue weighted by Gasteiger charge is -2.11. The Morgan fingerprint density at radius 2 is 1.86 bits per heavy atom. The van der Waals surface area contributed by atoms with Crippen LogP contribution in [-0.2, 0) is 11.3 Å². The molecule has 28 heavy (non-hydrogen) atoms. The van der Waals surface area contributed by atoms with E-state index in [0.717, 1.165) is 17.0 Å². The van der Waals surface area contributed by atoms with Gasteiger partial charge in [0.1, 0.15) is 5.69 Å². The highest BCUT2D eigenvalue weighted by atomic mass is 35.5. The van der Waals surface area contributed by atoms with Gasteiger partial charge in [-0.25, -0.2) is 9.78 Å². The number of nitrogens with zero attached hydrogens (tertiary/aromatic N) is 2. The molecule has 144 valence electrons. The summed E-state index contributed by atoms with van der Waals surface area (Å²) in [6.07, 6.45) is 1.41. The van der Waals surface area contributed by atoms with E-state index in [1.807, 2.05) is 42.7 Å². The van der Waals surface area contributed by atoms with Gasteiger partial charge in [-0.1, -0.05) is 41.4 Å². The predicted molar refractivity (Wildman–Crippen MR) is 108 cm³/mol. The average molecular weight is 417 g/mol. The summed E-state index contributed by atoms with van der Waals surface area (Å²) in [4.78, 5) is 28.5. The van der Waals surface area contributed by atoms with Crippen LogP contribution in [0.4, 0.5) is 0 Å². The lowest BCUT2D eigenvalue weighted by atomic mass is 10.1. The molecule has 2 aromatic heterocycles. The van der Waals surface area contributed by atoms with Crippen LogP contribution in [0.5, 0.6) is 0 Å². The van der Waals surface area contributed by atoms with Gasteiger partial charge in [0.25, 0.3) is 0 Å². The highest BCUT2D eigenvalue weighted by Crippen LogP contribution is 2.22. The second-order valence-electron chi connectivity index (χ2n) is 6.32. The molecule has 0 aliphatic carbocycles. The zero-order valence-corrected chi connectivity index (χ0v) is 16.9. The number of aromatic nitrogens is 2. The minimum Gasteiger partial charge on any atom is -0.453 e. The molecule has 0 spiro atoms. The Balaban J connectivity index is 1.72. The minimum atomic E-state index is -0.694. The largest absolute Gasteiger partial charge is 0.453 e. The average Bonchev–Trinajstić information content (AvgIpc) is 2.95. The van der Waals surface area contributed by atoms with Crippen molar-refractivity contribution >= 4 is 35.0 Å². The highest BCUT2D eigenvalue weighted by molar-refractivity contribution is 6.31. The first-order chi connectivity index (χ1) is 13.4. The number of ether oxygens (including phenoxy) is 1. The number of hydrogen-bond acceptors (Lipinski definition) is 4. The van der Waals surface area contributed by atoms with Crippen LogP contribution < -0.4 is 0 Å². The van der Waals surface area contributed by atoms with Gasteiger partial charge in [-0.05, 0) is 43.7 Å². The summed E-state index contributed by atoms with van der Waals surface area (Å²) >= 11 is 12.1. The van der Waals surface area contributed by atoms with Crippen LogP contribution in [0.25, 0.3) is 0 Å². The zero-order chi connectivity index (χ0) is 20.3. The van der Waals surface area contributed by atoms with Crippen LogP contribution >= 0.6 is 23.2 Å². The number of benzene rings is 1. The van der Waals surface area contributed by atoms with Gasteiger partial charge in [0, 0.05) is 39.7 Å². The molecule has 0 unspecified atom stereocenters. The molecule has 0 aliphatic rings. The van der Waals surface area contributed by atoms with Crippen LogP contribution in [0.15, 0.2) is 48.7 Å². The van der Waals surface area contributed by atoms with Gasteiger partial charge in [-0.15, -0.1) is 0 Å². The quantitative estimate of drug-likeness (QED) is 0.423. The molecule has 0 radical (unpaired) electrons. The number of pyridine rings is 1. The first-order valence-corrected chi connectivity index (χ1v) is 9.34. The highest BCUT2D eigenvalue weighted by Gasteiger charge is 2.19. The van der Waals surface area contributed by atoms with E-state index in [1.165, 1.54) is 12.3 Å². The third-order valence-electron chi connectivity index (χ3n) is 4.43. The molecule has 3 rings (SSSR count). The van der Waals surface area contributed by atoms with Crippen molar-refractivity contribution in [2.24, 2.45) is 0 Å². The van der Waals surface area contributed by atoms with Crippen molar-refractivity contribution in [2.75, 3.05) is 6.61 Å². The SMILES string of the molecule is Cc1cc(C(=O)COC(=O)c2cc(Cl)ccn2)c(C)n1Cc1ccccc1Cl. The number of carbonyl (C=O) groups is 2. The molecule has 3 aromatic rings. The molecule has 0 bridgehead atoms. The Bertz CT molecular complexity index is 1040. The molecule has 1 aromatic carbocycles. The maximum absolute atomic E-state index is 12.6. The van der Waals surface area contributed by atoms with Gasteiger partial charge in [0.2, 0.25) is 5.78 Å². The van der Waals surface area contributed by atoms with Crippen LogP contribution in [-0.4, -0.2) is 27.9 Å². The van der Waals surface area contributed by atoms with E-state index >= 15 is 0 Å². The molecular formula is C21H18Cl2N2O3. The van der Waals surface area contributed by atoms with E-state index < -0.39 is 5.97 Å². The molecule has 0 N–H and O–H groups in total. The normalized spacial score (nSPS) is 10.7. The van der Waals surface area contributed by atoms with Gasteiger partial charge in [-0.2, -0.15) is 0 Å². The molecule has 0 saturated carbocycles. The van der Waals surface area contributed by atoms with Crippen LogP contribution in [0.2, 0.25) is 10.0 Å². The molecule has 7 heteroatoms. The Morgan fingerprint density at radius 3 is 2.57 bits per heavy atom. The summed E-state index contributed by atoms with van der Waals surface area (Å²) in [5, 5.41) is 1.04.